The Hall–Kier alpha value is -1.54. The Morgan fingerprint density at radius 1 is 1.48 bits per heavy atom. The van der Waals surface area contributed by atoms with Crippen LogP contribution in [0.1, 0.15) is 68.1 Å². The highest BCUT2D eigenvalue weighted by Crippen LogP contribution is 2.40. The Morgan fingerprint density at radius 2 is 2.10 bits per heavy atom. The second kappa shape index (κ2) is 6.07. The van der Waals surface area contributed by atoms with Gasteiger partial charge in [0.25, 0.3) is 0 Å². The number of anilines is 2. The summed E-state index contributed by atoms with van der Waals surface area (Å²) in [5.74, 6) is 0.00632. The molecule has 1 aromatic heterocycles. The number of rotatable bonds is 4. The minimum atomic E-state index is 0.00632. The molecule has 3 N–H and O–H groups in total. The van der Waals surface area contributed by atoms with Crippen molar-refractivity contribution in [1.82, 2.24) is 0 Å². The number of ketones is 1. The Balaban J connectivity index is 2.17. The molecule has 1 fully saturated rings. The Labute approximate surface area is 130 Å². The van der Waals surface area contributed by atoms with E-state index in [1.165, 1.54) is 24.2 Å². The third kappa shape index (κ3) is 3.38. The Kier molecular flexibility index (Phi) is 4.58. The third-order valence-electron chi connectivity index (χ3n) is 4.31. The highest BCUT2D eigenvalue weighted by atomic mass is 32.1. The number of nitrogens with zero attached hydrogens (tertiary/aromatic N) is 1. The van der Waals surface area contributed by atoms with E-state index in [9.17, 15) is 10.1 Å². The summed E-state index contributed by atoms with van der Waals surface area (Å²) in [6, 6.07) is 2.51. The molecule has 2 rings (SSSR count). The number of carbonyl (C=O) groups excluding carboxylic acids is 1. The van der Waals surface area contributed by atoms with Crippen molar-refractivity contribution < 1.29 is 4.79 Å². The molecule has 0 aliphatic heterocycles. The molecule has 4 nitrogen and oxygen atoms in total. The predicted molar refractivity (Wildman–Crippen MR) is 87.7 cm³/mol. The summed E-state index contributed by atoms with van der Waals surface area (Å²) < 4.78 is 0. The predicted octanol–water partition coefficient (Wildman–Crippen LogP) is 4.18. The minimum Gasteiger partial charge on any atom is -0.396 e. The van der Waals surface area contributed by atoms with E-state index in [0.717, 1.165) is 17.8 Å². The first-order valence-corrected chi connectivity index (χ1v) is 8.31. The molecule has 0 radical (unpaired) electrons. The van der Waals surface area contributed by atoms with Gasteiger partial charge in [0.15, 0.2) is 5.78 Å². The highest BCUT2D eigenvalue weighted by molar-refractivity contribution is 7.19. The maximum absolute atomic E-state index is 11.9. The van der Waals surface area contributed by atoms with Crippen molar-refractivity contribution in [3.63, 3.8) is 0 Å². The molecule has 1 saturated carbocycles. The van der Waals surface area contributed by atoms with Crippen molar-refractivity contribution in [2.75, 3.05) is 11.1 Å². The Morgan fingerprint density at radius 3 is 2.62 bits per heavy atom. The molecule has 1 aromatic rings. The number of thiophene rings is 1. The number of Topliss-reactive ketones (excluding diaryl/α,β-unsaturated/α-hetero) is 1. The van der Waals surface area contributed by atoms with Crippen LogP contribution in [0.2, 0.25) is 0 Å². The van der Waals surface area contributed by atoms with Crippen LogP contribution in [-0.2, 0) is 0 Å². The number of carbonyl (C=O) groups is 1. The Bertz CT molecular complexity index is 573. The van der Waals surface area contributed by atoms with Crippen LogP contribution in [0.25, 0.3) is 0 Å². The van der Waals surface area contributed by atoms with Crippen LogP contribution in [0, 0.1) is 16.7 Å². The van der Waals surface area contributed by atoms with Crippen LogP contribution in [0.5, 0.6) is 0 Å². The minimum absolute atomic E-state index is 0.00632. The summed E-state index contributed by atoms with van der Waals surface area (Å²) in [5.41, 5.74) is 7.15. The van der Waals surface area contributed by atoms with Gasteiger partial charge in [0, 0.05) is 12.5 Å². The first-order chi connectivity index (χ1) is 9.88. The molecule has 0 amide bonds. The van der Waals surface area contributed by atoms with Crippen LogP contribution in [-0.4, -0.2) is 11.8 Å². The normalized spacial score (nSPS) is 18.2. The first kappa shape index (κ1) is 15.8. The molecule has 21 heavy (non-hydrogen) atoms. The molecule has 1 heterocycles. The molecule has 5 heteroatoms. The smallest absolute Gasteiger partial charge is 0.174 e. The summed E-state index contributed by atoms with van der Waals surface area (Å²) >= 11 is 1.33. The van der Waals surface area contributed by atoms with E-state index >= 15 is 0 Å². The fourth-order valence-corrected chi connectivity index (χ4v) is 3.91. The van der Waals surface area contributed by atoms with E-state index < -0.39 is 0 Å². The number of nitrogens with one attached hydrogen (secondary N) is 1. The van der Waals surface area contributed by atoms with Gasteiger partial charge in [-0.1, -0.05) is 20.8 Å². The summed E-state index contributed by atoms with van der Waals surface area (Å²) in [5, 5.41) is 13.5. The lowest BCUT2D eigenvalue weighted by Gasteiger charge is -2.34. The molecular formula is C16H23N3OS. The summed E-state index contributed by atoms with van der Waals surface area (Å²) in [6.45, 7) is 6.40. The second-order valence-electron chi connectivity index (χ2n) is 6.52. The van der Waals surface area contributed by atoms with Gasteiger partial charge in [-0.3, -0.25) is 4.79 Å². The molecule has 0 spiro atoms. The van der Waals surface area contributed by atoms with Crippen molar-refractivity contribution in [1.29, 1.82) is 5.26 Å². The van der Waals surface area contributed by atoms with Gasteiger partial charge in [-0.2, -0.15) is 5.26 Å². The average molecular weight is 305 g/mol. The molecule has 0 aromatic carbocycles. The van der Waals surface area contributed by atoms with Gasteiger partial charge in [-0.25, -0.2) is 0 Å². The number of nitrogen functional groups attached to an aromatic ring is 1. The zero-order valence-electron chi connectivity index (χ0n) is 13.0. The summed E-state index contributed by atoms with van der Waals surface area (Å²) in [4.78, 5) is 12.4. The lowest BCUT2D eigenvalue weighted by Crippen LogP contribution is -2.29. The van der Waals surface area contributed by atoms with Crippen LogP contribution in [0.4, 0.5) is 10.7 Å². The van der Waals surface area contributed by atoms with E-state index in [4.69, 9.17) is 5.73 Å². The van der Waals surface area contributed by atoms with Gasteiger partial charge in [0.1, 0.15) is 16.6 Å². The maximum atomic E-state index is 11.9. The molecule has 1 aliphatic carbocycles. The quantitative estimate of drug-likeness (QED) is 0.818. The van der Waals surface area contributed by atoms with E-state index in [0.29, 0.717) is 34.0 Å². The summed E-state index contributed by atoms with van der Waals surface area (Å²) in [6.07, 6.45) is 4.94. The number of hydrogen-bond acceptors (Lipinski definition) is 5. The van der Waals surface area contributed by atoms with Crippen molar-refractivity contribution in [3.8, 4) is 6.07 Å². The number of nitrogens with two attached hydrogens (primary N) is 1. The number of hydrogen-bond donors (Lipinski definition) is 2. The van der Waals surface area contributed by atoms with Crippen molar-refractivity contribution >= 4 is 27.8 Å². The molecule has 114 valence electrons. The van der Waals surface area contributed by atoms with Crippen molar-refractivity contribution in [3.05, 3.63) is 10.4 Å². The highest BCUT2D eigenvalue weighted by Gasteiger charge is 2.28. The molecule has 0 atom stereocenters. The van der Waals surface area contributed by atoms with E-state index in [1.54, 1.807) is 0 Å². The zero-order chi connectivity index (χ0) is 15.6. The SMILES string of the molecule is CCC(=O)c1sc(NC2CCC(C)(C)CC2)c(C#N)c1N. The fourth-order valence-electron chi connectivity index (χ4n) is 2.75. The van der Waals surface area contributed by atoms with Gasteiger partial charge in [0.2, 0.25) is 0 Å². The fraction of sp³-hybridized carbons (Fsp3) is 0.625. The molecule has 1 aliphatic rings. The van der Waals surface area contributed by atoms with Gasteiger partial charge < -0.3 is 11.1 Å². The van der Waals surface area contributed by atoms with Gasteiger partial charge in [-0.05, 0) is 31.1 Å². The first-order valence-electron chi connectivity index (χ1n) is 7.50. The molecular weight excluding hydrogens is 282 g/mol. The largest absolute Gasteiger partial charge is 0.396 e. The average Bonchev–Trinajstić information content (AvgIpc) is 2.76. The molecule has 0 unspecified atom stereocenters. The maximum Gasteiger partial charge on any atom is 0.174 e. The molecule has 0 bridgehead atoms. The monoisotopic (exact) mass is 305 g/mol. The van der Waals surface area contributed by atoms with E-state index in [2.05, 4.69) is 25.2 Å². The number of nitriles is 1. The summed E-state index contributed by atoms with van der Waals surface area (Å²) in [7, 11) is 0. The zero-order valence-corrected chi connectivity index (χ0v) is 13.8. The van der Waals surface area contributed by atoms with Gasteiger partial charge in [0.05, 0.1) is 10.6 Å². The lowest BCUT2D eigenvalue weighted by atomic mass is 9.75. The third-order valence-corrected chi connectivity index (χ3v) is 5.48. The van der Waals surface area contributed by atoms with Gasteiger partial charge in [-0.15, -0.1) is 11.3 Å². The van der Waals surface area contributed by atoms with Crippen molar-refractivity contribution in [2.24, 2.45) is 5.41 Å². The van der Waals surface area contributed by atoms with E-state index in [-0.39, 0.29) is 5.78 Å². The van der Waals surface area contributed by atoms with Crippen LogP contribution >= 0.6 is 11.3 Å². The molecule has 0 saturated heterocycles. The van der Waals surface area contributed by atoms with Crippen molar-refractivity contribution in [2.45, 2.75) is 58.9 Å². The van der Waals surface area contributed by atoms with Crippen LogP contribution in [0.3, 0.4) is 0 Å². The standard InChI is InChI=1S/C16H23N3OS/c1-4-12(20)14-13(18)11(9-17)15(21-14)19-10-5-7-16(2,3)8-6-10/h10,19H,4-8,18H2,1-3H3. The van der Waals surface area contributed by atoms with Gasteiger partial charge >= 0.3 is 0 Å². The lowest BCUT2D eigenvalue weighted by molar-refractivity contribution is 0.0993. The van der Waals surface area contributed by atoms with Crippen LogP contribution < -0.4 is 11.1 Å². The van der Waals surface area contributed by atoms with Crippen LogP contribution in [0.15, 0.2) is 0 Å². The second-order valence-corrected chi connectivity index (χ2v) is 7.54. The van der Waals surface area contributed by atoms with E-state index in [1.807, 2.05) is 6.92 Å². The topological polar surface area (TPSA) is 78.9 Å².